The van der Waals surface area contributed by atoms with E-state index in [4.69, 9.17) is 0 Å². The van der Waals surface area contributed by atoms with Gasteiger partial charge in [0.05, 0.1) is 6.10 Å². The molecule has 16 heavy (non-hydrogen) atoms. The van der Waals surface area contributed by atoms with Crippen molar-refractivity contribution in [2.45, 2.75) is 58.7 Å². The molecule has 0 heterocycles. The van der Waals surface area contributed by atoms with E-state index >= 15 is 0 Å². The standard InChI is InChI=1S/C12H26N2O2/c1-6-9(2)13-8-12(7-10(3)15)14(5)11(4)16/h9-10,12-13,15H,6-8H2,1-5H3. The van der Waals surface area contributed by atoms with Crippen molar-refractivity contribution in [3.63, 3.8) is 0 Å². The molecule has 0 saturated carbocycles. The Morgan fingerprint density at radius 2 is 2.00 bits per heavy atom. The second-order valence-corrected chi connectivity index (χ2v) is 4.59. The van der Waals surface area contributed by atoms with E-state index in [0.29, 0.717) is 12.5 Å². The molecule has 0 aliphatic carbocycles. The number of hydrogen-bond acceptors (Lipinski definition) is 3. The van der Waals surface area contributed by atoms with Crippen LogP contribution in [-0.2, 0) is 4.79 Å². The average Bonchev–Trinajstić information content (AvgIpc) is 2.21. The van der Waals surface area contributed by atoms with E-state index in [1.54, 1.807) is 25.8 Å². The first-order chi connectivity index (χ1) is 7.38. The summed E-state index contributed by atoms with van der Waals surface area (Å²) in [6, 6.07) is 0.503. The molecule has 0 aliphatic rings. The molecule has 4 nitrogen and oxygen atoms in total. The normalized spacial score (nSPS) is 16.6. The topological polar surface area (TPSA) is 52.6 Å². The van der Waals surface area contributed by atoms with Crippen LogP contribution in [0.2, 0.25) is 0 Å². The molecule has 3 unspecified atom stereocenters. The Labute approximate surface area is 99.0 Å². The van der Waals surface area contributed by atoms with E-state index in [9.17, 15) is 9.90 Å². The van der Waals surface area contributed by atoms with Gasteiger partial charge >= 0.3 is 0 Å². The molecule has 4 heteroatoms. The minimum absolute atomic E-state index is 0.0385. The van der Waals surface area contributed by atoms with Crippen LogP contribution in [0.3, 0.4) is 0 Å². The van der Waals surface area contributed by atoms with Gasteiger partial charge in [-0.25, -0.2) is 0 Å². The third-order valence-electron chi connectivity index (χ3n) is 2.97. The molecule has 0 rings (SSSR count). The van der Waals surface area contributed by atoms with Crippen LogP contribution in [0, 0.1) is 0 Å². The third kappa shape index (κ3) is 6.08. The van der Waals surface area contributed by atoms with Gasteiger partial charge in [0.1, 0.15) is 0 Å². The van der Waals surface area contributed by atoms with Crippen molar-refractivity contribution in [2.24, 2.45) is 0 Å². The summed E-state index contributed by atoms with van der Waals surface area (Å²) in [7, 11) is 1.79. The van der Waals surface area contributed by atoms with Gasteiger partial charge in [0.25, 0.3) is 0 Å². The molecule has 2 N–H and O–H groups in total. The van der Waals surface area contributed by atoms with Crippen LogP contribution >= 0.6 is 0 Å². The fraction of sp³-hybridized carbons (Fsp3) is 0.917. The first kappa shape index (κ1) is 15.4. The molecule has 3 atom stereocenters. The number of likely N-dealkylation sites (N-methyl/N-ethyl adjacent to an activating group) is 1. The van der Waals surface area contributed by atoms with Crippen LogP contribution in [-0.4, -0.2) is 47.7 Å². The van der Waals surface area contributed by atoms with Crippen molar-refractivity contribution in [3.05, 3.63) is 0 Å². The van der Waals surface area contributed by atoms with Crippen LogP contribution in [0.4, 0.5) is 0 Å². The zero-order valence-corrected chi connectivity index (χ0v) is 11.2. The fourth-order valence-electron chi connectivity index (χ4n) is 1.51. The largest absolute Gasteiger partial charge is 0.393 e. The lowest BCUT2D eigenvalue weighted by Gasteiger charge is -2.29. The van der Waals surface area contributed by atoms with Gasteiger partial charge in [0, 0.05) is 32.6 Å². The predicted molar refractivity (Wildman–Crippen MR) is 66.3 cm³/mol. The number of amides is 1. The van der Waals surface area contributed by atoms with Crippen LogP contribution < -0.4 is 5.32 Å². The van der Waals surface area contributed by atoms with Gasteiger partial charge in [-0.2, -0.15) is 0 Å². The summed E-state index contributed by atoms with van der Waals surface area (Å²) in [5.41, 5.74) is 0. The van der Waals surface area contributed by atoms with E-state index in [2.05, 4.69) is 19.2 Å². The number of carbonyl (C=O) groups is 1. The van der Waals surface area contributed by atoms with Gasteiger partial charge in [0.15, 0.2) is 0 Å². The fourth-order valence-corrected chi connectivity index (χ4v) is 1.51. The molecule has 0 spiro atoms. The van der Waals surface area contributed by atoms with Gasteiger partial charge in [-0.1, -0.05) is 6.92 Å². The lowest BCUT2D eigenvalue weighted by molar-refractivity contribution is -0.130. The van der Waals surface area contributed by atoms with E-state index in [1.807, 2.05) is 0 Å². The lowest BCUT2D eigenvalue weighted by Crippen LogP contribution is -2.45. The minimum atomic E-state index is -0.384. The number of hydrogen-bond donors (Lipinski definition) is 2. The minimum Gasteiger partial charge on any atom is -0.393 e. The predicted octanol–water partition coefficient (Wildman–Crippen LogP) is 0.992. The number of nitrogens with zero attached hydrogens (tertiary/aromatic N) is 1. The Balaban J connectivity index is 4.25. The van der Waals surface area contributed by atoms with Crippen LogP contribution in [0.15, 0.2) is 0 Å². The summed E-state index contributed by atoms with van der Waals surface area (Å²) in [5, 5.41) is 12.8. The van der Waals surface area contributed by atoms with Gasteiger partial charge in [-0.3, -0.25) is 4.79 Å². The highest BCUT2D eigenvalue weighted by Crippen LogP contribution is 2.06. The van der Waals surface area contributed by atoms with E-state index < -0.39 is 0 Å². The summed E-state index contributed by atoms with van der Waals surface area (Å²) in [6.07, 6.45) is 1.29. The molecule has 0 aromatic carbocycles. The van der Waals surface area contributed by atoms with Crippen LogP contribution in [0.25, 0.3) is 0 Å². The average molecular weight is 230 g/mol. The number of aliphatic hydroxyl groups excluding tert-OH is 1. The van der Waals surface area contributed by atoms with Crippen molar-refractivity contribution >= 4 is 5.91 Å². The highest BCUT2D eigenvalue weighted by molar-refractivity contribution is 5.73. The smallest absolute Gasteiger partial charge is 0.219 e. The maximum absolute atomic E-state index is 11.3. The number of aliphatic hydroxyl groups is 1. The monoisotopic (exact) mass is 230 g/mol. The molecular formula is C12H26N2O2. The molecule has 0 saturated heterocycles. The first-order valence-corrected chi connectivity index (χ1v) is 6.03. The summed E-state index contributed by atoms with van der Waals surface area (Å²) >= 11 is 0. The molecule has 0 radical (unpaired) electrons. The molecule has 0 fully saturated rings. The molecule has 96 valence electrons. The van der Waals surface area contributed by atoms with Gasteiger partial charge in [-0.05, 0) is 26.7 Å². The van der Waals surface area contributed by atoms with Gasteiger partial charge < -0.3 is 15.3 Å². The Morgan fingerprint density at radius 3 is 2.38 bits per heavy atom. The summed E-state index contributed by atoms with van der Waals surface area (Å²) in [5.74, 6) is 0.0385. The Hall–Kier alpha value is -0.610. The summed E-state index contributed by atoms with van der Waals surface area (Å²) in [6.45, 7) is 8.28. The zero-order chi connectivity index (χ0) is 12.7. The van der Waals surface area contributed by atoms with E-state index in [-0.39, 0.29) is 18.1 Å². The van der Waals surface area contributed by atoms with Crippen molar-refractivity contribution in [2.75, 3.05) is 13.6 Å². The SMILES string of the molecule is CCC(C)NCC(CC(C)O)N(C)C(C)=O. The molecule has 0 bridgehead atoms. The zero-order valence-electron chi connectivity index (χ0n) is 11.2. The van der Waals surface area contributed by atoms with E-state index in [0.717, 1.165) is 13.0 Å². The van der Waals surface area contributed by atoms with Crippen molar-refractivity contribution in [1.82, 2.24) is 10.2 Å². The maximum atomic E-state index is 11.3. The quantitative estimate of drug-likeness (QED) is 0.686. The highest BCUT2D eigenvalue weighted by atomic mass is 16.3. The third-order valence-corrected chi connectivity index (χ3v) is 2.97. The Morgan fingerprint density at radius 1 is 1.44 bits per heavy atom. The second kappa shape index (κ2) is 7.63. The van der Waals surface area contributed by atoms with Crippen LogP contribution in [0.1, 0.15) is 40.5 Å². The lowest BCUT2D eigenvalue weighted by atomic mass is 10.1. The maximum Gasteiger partial charge on any atom is 0.219 e. The van der Waals surface area contributed by atoms with Crippen molar-refractivity contribution in [3.8, 4) is 0 Å². The second-order valence-electron chi connectivity index (χ2n) is 4.59. The van der Waals surface area contributed by atoms with Crippen molar-refractivity contribution < 1.29 is 9.90 Å². The van der Waals surface area contributed by atoms with Gasteiger partial charge in [0.2, 0.25) is 5.91 Å². The molecule has 0 aromatic heterocycles. The molecule has 0 aliphatic heterocycles. The Kier molecular flexibility index (Phi) is 7.34. The van der Waals surface area contributed by atoms with Crippen LogP contribution in [0.5, 0.6) is 0 Å². The number of rotatable bonds is 7. The highest BCUT2D eigenvalue weighted by Gasteiger charge is 2.19. The first-order valence-electron chi connectivity index (χ1n) is 6.03. The number of nitrogens with one attached hydrogen (secondary N) is 1. The van der Waals surface area contributed by atoms with E-state index in [1.165, 1.54) is 0 Å². The summed E-state index contributed by atoms with van der Waals surface area (Å²) in [4.78, 5) is 13.0. The molecular weight excluding hydrogens is 204 g/mol. The van der Waals surface area contributed by atoms with Crippen molar-refractivity contribution in [1.29, 1.82) is 0 Å². The number of carbonyl (C=O) groups excluding carboxylic acids is 1. The summed E-state index contributed by atoms with van der Waals surface area (Å²) < 4.78 is 0. The molecule has 1 amide bonds. The Bertz CT molecular complexity index is 207. The van der Waals surface area contributed by atoms with Gasteiger partial charge in [-0.15, -0.1) is 0 Å². The molecule has 0 aromatic rings.